The zero-order valence-corrected chi connectivity index (χ0v) is 29.2. The molecule has 13 nitrogen and oxygen atoms in total. The highest BCUT2D eigenvalue weighted by atomic mass is 16.4. The molecule has 0 spiro atoms. The summed E-state index contributed by atoms with van der Waals surface area (Å²) in [5.74, 6) is -0.507. The molecule has 0 aliphatic rings. The Morgan fingerprint density at radius 3 is 1.67 bits per heavy atom. The van der Waals surface area contributed by atoms with Gasteiger partial charge in [0.05, 0.1) is 36.2 Å². The summed E-state index contributed by atoms with van der Waals surface area (Å²) in [6.45, 7) is 4.52. The maximum Gasteiger partial charge on any atom is 0.238 e. The lowest BCUT2D eigenvalue weighted by Crippen LogP contribution is -2.49. The number of likely N-dealkylation sites (N-methyl/N-ethyl adjacent to an activating group) is 1. The number of carbonyl (C=O) groups excluding carboxylic acids is 2. The summed E-state index contributed by atoms with van der Waals surface area (Å²) in [7, 11) is 1.49. The summed E-state index contributed by atoms with van der Waals surface area (Å²) >= 11 is 0. The second kappa shape index (κ2) is 20.3. The molecular formula is C38H49N7O6. The Kier molecular flexibility index (Phi) is 15.6. The van der Waals surface area contributed by atoms with Gasteiger partial charge in [0.2, 0.25) is 11.8 Å². The topological polar surface area (TPSA) is 175 Å². The first-order valence-electron chi connectivity index (χ1n) is 17.1. The Bertz CT molecular complexity index is 1560. The Balaban J connectivity index is 1.34. The summed E-state index contributed by atoms with van der Waals surface area (Å²) in [6.07, 6.45) is -0.217. The van der Waals surface area contributed by atoms with E-state index in [1.807, 2.05) is 54.6 Å². The van der Waals surface area contributed by atoms with E-state index in [0.29, 0.717) is 44.0 Å². The molecule has 0 radical (unpaired) electrons. The van der Waals surface area contributed by atoms with Crippen molar-refractivity contribution < 1.29 is 30.0 Å². The molecule has 0 aliphatic carbocycles. The van der Waals surface area contributed by atoms with E-state index in [9.17, 15) is 30.0 Å². The van der Waals surface area contributed by atoms with Crippen LogP contribution in [0.4, 0.5) is 5.69 Å². The van der Waals surface area contributed by atoms with Crippen molar-refractivity contribution in [2.24, 2.45) is 0 Å². The number of aromatic nitrogens is 3. The SMILES string of the molecule is CCC(O)C(O)C(O)C(O)CN(C)C(=O)Cc1ccc(NC(=O)CN(CCN(Cc2ccccn2)Cc2ccccn2)Cc2ccccn2)cc1. The molecule has 5 N–H and O–H groups in total. The lowest BCUT2D eigenvalue weighted by molar-refractivity contribution is -0.135. The van der Waals surface area contributed by atoms with Gasteiger partial charge in [0, 0.05) is 70.6 Å². The van der Waals surface area contributed by atoms with Crippen molar-refractivity contribution in [3.8, 4) is 0 Å². The molecule has 2 amide bonds. The lowest BCUT2D eigenvalue weighted by atomic mass is 10.0. The van der Waals surface area contributed by atoms with Gasteiger partial charge in [-0.2, -0.15) is 0 Å². The molecule has 51 heavy (non-hydrogen) atoms. The lowest BCUT2D eigenvalue weighted by Gasteiger charge is -2.29. The zero-order chi connectivity index (χ0) is 36.6. The minimum absolute atomic E-state index is 0.0268. The second-order valence-electron chi connectivity index (χ2n) is 12.6. The second-order valence-corrected chi connectivity index (χ2v) is 12.6. The highest BCUT2D eigenvalue weighted by Crippen LogP contribution is 2.14. The molecule has 13 heteroatoms. The fraction of sp³-hybridized carbons (Fsp3) is 0.395. The average Bonchev–Trinajstić information content (AvgIpc) is 3.14. The van der Waals surface area contributed by atoms with E-state index in [4.69, 9.17) is 0 Å². The molecule has 4 aromatic rings. The smallest absolute Gasteiger partial charge is 0.238 e. The predicted octanol–water partition coefficient (Wildman–Crippen LogP) is 1.87. The van der Waals surface area contributed by atoms with Gasteiger partial charge in [0.25, 0.3) is 0 Å². The van der Waals surface area contributed by atoms with E-state index in [2.05, 4.69) is 30.1 Å². The summed E-state index contributed by atoms with van der Waals surface area (Å²) in [5, 5.41) is 43.2. The molecule has 4 rings (SSSR count). The van der Waals surface area contributed by atoms with E-state index in [1.165, 1.54) is 11.9 Å². The van der Waals surface area contributed by atoms with Crippen molar-refractivity contribution in [1.82, 2.24) is 29.7 Å². The number of rotatable bonds is 20. The van der Waals surface area contributed by atoms with Crippen LogP contribution >= 0.6 is 0 Å². The predicted molar refractivity (Wildman–Crippen MR) is 193 cm³/mol. The van der Waals surface area contributed by atoms with Crippen LogP contribution < -0.4 is 5.32 Å². The summed E-state index contributed by atoms with van der Waals surface area (Å²) < 4.78 is 0. The molecule has 4 unspecified atom stereocenters. The van der Waals surface area contributed by atoms with Crippen molar-refractivity contribution in [3.05, 3.63) is 120 Å². The maximum atomic E-state index is 13.3. The molecule has 0 fully saturated rings. The summed E-state index contributed by atoms with van der Waals surface area (Å²) in [4.78, 5) is 45.2. The number of nitrogens with one attached hydrogen (secondary N) is 1. The Hall–Kier alpha value is -4.63. The van der Waals surface area contributed by atoms with E-state index >= 15 is 0 Å². The van der Waals surface area contributed by atoms with E-state index < -0.39 is 24.4 Å². The minimum atomic E-state index is -1.60. The molecule has 3 heterocycles. The number of amides is 2. The highest BCUT2D eigenvalue weighted by Gasteiger charge is 2.30. The monoisotopic (exact) mass is 699 g/mol. The molecular weight excluding hydrogens is 650 g/mol. The van der Waals surface area contributed by atoms with Crippen LogP contribution in [0.3, 0.4) is 0 Å². The maximum absolute atomic E-state index is 13.3. The van der Waals surface area contributed by atoms with Crippen LogP contribution in [0.2, 0.25) is 0 Å². The number of pyridine rings is 3. The third kappa shape index (κ3) is 13.2. The van der Waals surface area contributed by atoms with Gasteiger partial charge in [0.15, 0.2) is 0 Å². The average molecular weight is 700 g/mol. The van der Waals surface area contributed by atoms with Crippen LogP contribution in [0.5, 0.6) is 0 Å². The van der Waals surface area contributed by atoms with Gasteiger partial charge in [-0.15, -0.1) is 0 Å². The largest absolute Gasteiger partial charge is 0.390 e. The van der Waals surface area contributed by atoms with Crippen LogP contribution in [0.15, 0.2) is 97.5 Å². The van der Waals surface area contributed by atoms with Crippen LogP contribution in [-0.2, 0) is 35.6 Å². The number of nitrogens with zero attached hydrogens (tertiary/aromatic N) is 6. The van der Waals surface area contributed by atoms with E-state index in [-0.39, 0.29) is 37.7 Å². The molecule has 0 saturated carbocycles. The quantitative estimate of drug-likeness (QED) is 0.0911. The van der Waals surface area contributed by atoms with Gasteiger partial charge in [-0.25, -0.2) is 0 Å². The van der Waals surface area contributed by atoms with Crippen molar-refractivity contribution in [3.63, 3.8) is 0 Å². The first-order valence-corrected chi connectivity index (χ1v) is 17.1. The first-order chi connectivity index (χ1) is 24.6. The normalized spacial score (nSPS) is 13.8. The Morgan fingerprint density at radius 1 is 0.686 bits per heavy atom. The molecule has 0 bridgehead atoms. The minimum Gasteiger partial charge on any atom is -0.390 e. The number of hydrogen-bond acceptors (Lipinski definition) is 11. The van der Waals surface area contributed by atoms with Crippen LogP contribution in [0.1, 0.15) is 36.0 Å². The van der Waals surface area contributed by atoms with Gasteiger partial charge in [-0.3, -0.25) is 34.3 Å². The third-order valence-electron chi connectivity index (χ3n) is 8.47. The molecule has 4 atom stereocenters. The van der Waals surface area contributed by atoms with Crippen LogP contribution in [-0.4, -0.2) is 120 Å². The summed E-state index contributed by atoms with van der Waals surface area (Å²) in [5.41, 5.74) is 4.01. The number of aliphatic hydroxyl groups excluding tert-OH is 4. The fourth-order valence-corrected chi connectivity index (χ4v) is 5.48. The molecule has 0 saturated heterocycles. The standard InChI is InChI=1S/C38H49N7O6/c1-3-33(46)37(50)38(51)34(47)26-43(2)36(49)22-28-13-15-29(16-14-28)42-35(48)27-45(25-32-12-6-9-19-41-32)21-20-44(23-30-10-4-7-17-39-30)24-31-11-5-8-18-40-31/h4-19,33-34,37-38,46-47,50-51H,3,20-27H2,1-2H3,(H,42,48). The van der Waals surface area contributed by atoms with Gasteiger partial charge in [0.1, 0.15) is 18.3 Å². The highest BCUT2D eigenvalue weighted by molar-refractivity contribution is 5.92. The number of carbonyl (C=O) groups is 2. The van der Waals surface area contributed by atoms with Crippen LogP contribution in [0.25, 0.3) is 0 Å². The number of anilines is 1. The number of benzene rings is 1. The van der Waals surface area contributed by atoms with E-state index in [1.54, 1.807) is 49.8 Å². The van der Waals surface area contributed by atoms with Crippen molar-refractivity contribution in [2.75, 3.05) is 38.5 Å². The molecule has 3 aromatic heterocycles. The zero-order valence-electron chi connectivity index (χ0n) is 29.2. The van der Waals surface area contributed by atoms with Crippen molar-refractivity contribution >= 4 is 17.5 Å². The molecule has 0 aliphatic heterocycles. The van der Waals surface area contributed by atoms with E-state index in [0.717, 1.165) is 17.1 Å². The summed E-state index contributed by atoms with van der Waals surface area (Å²) in [6, 6.07) is 24.4. The van der Waals surface area contributed by atoms with Crippen LogP contribution in [0, 0.1) is 0 Å². The van der Waals surface area contributed by atoms with Crippen molar-refractivity contribution in [1.29, 1.82) is 0 Å². The number of hydrogen-bond donors (Lipinski definition) is 5. The molecule has 1 aromatic carbocycles. The third-order valence-corrected chi connectivity index (χ3v) is 8.47. The fourth-order valence-electron chi connectivity index (χ4n) is 5.48. The van der Waals surface area contributed by atoms with Gasteiger partial charge in [-0.1, -0.05) is 37.3 Å². The van der Waals surface area contributed by atoms with Gasteiger partial charge >= 0.3 is 0 Å². The first kappa shape index (κ1) is 39.2. The Morgan fingerprint density at radius 2 is 1.18 bits per heavy atom. The van der Waals surface area contributed by atoms with Gasteiger partial charge < -0.3 is 30.6 Å². The number of aliphatic hydroxyl groups is 4. The van der Waals surface area contributed by atoms with Gasteiger partial charge in [-0.05, 0) is 60.5 Å². The van der Waals surface area contributed by atoms with Crippen molar-refractivity contribution in [2.45, 2.75) is 63.8 Å². The Labute approximate surface area is 299 Å². The molecule has 272 valence electrons.